The maximum atomic E-state index is 12.2. The van der Waals surface area contributed by atoms with Gasteiger partial charge in [-0.2, -0.15) is 0 Å². The van der Waals surface area contributed by atoms with Crippen LogP contribution in [0.3, 0.4) is 0 Å². The Kier molecular flexibility index (Phi) is 4.13. The topological polar surface area (TPSA) is 74.7 Å². The molecule has 1 aliphatic rings. The molecule has 0 aromatic heterocycles. The normalized spacial score (nSPS) is 17.7. The van der Waals surface area contributed by atoms with Crippen LogP contribution < -0.4 is 0 Å². The van der Waals surface area contributed by atoms with E-state index in [1.54, 1.807) is 29.2 Å². The second-order valence-electron chi connectivity index (χ2n) is 6.19. The minimum absolute atomic E-state index is 0.0295. The summed E-state index contributed by atoms with van der Waals surface area (Å²) in [6.45, 7) is 4.55. The molecule has 5 nitrogen and oxygen atoms in total. The molecule has 1 amide bonds. The molecule has 1 fully saturated rings. The number of likely N-dealkylation sites (tertiary alicyclic amines) is 1. The van der Waals surface area contributed by atoms with Crippen LogP contribution in [0.25, 0.3) is 0 Å². The molecule has 0 radical (unpaired) electrons. The van der Waals surface area contributed by atoms with Crippen LogP contribution in [0.4, 0.5) is 0 Å². The largest absolute Gasteiger partial charge is 0.386 e. The van der Waals surface area contributed by atoms with Crippen molar-refractivity contribution in [2.24, 2.45) is 5.92 Å². The van der Waals surface area contributed by atoms with E-state index in [4.69, 9.17) is 0 Å². The van der Waals surface area contributed by atoms with Gasteiger partial charge in [-0.25, -0.2) is 8.42 Å². The molecule has 2 rings (SSSR count). The molecule has 1 aromatic rings. The van der Waals surface area contributed by atoms with Crippen molar-refractivity contribution < 1.29 is 18.3 Å². The quantitative estimate of drug-likeness (QED) is 0.903. The Labute approximate surface area is 125 Å². The minimum atomic E-state index is -3.07. The fourth-order valence-corrected chi connectivity index (χ4v) is 3.15. The minimum Gasteiger partial charge on any atom is -0.386 e. The van der Waals surface area contributed by atoms with Crippen LogP contribution in [0.2, 0.25) is 0 Å². The van der Waals surface area contributed by atoms with Crippen molar-refractivity contribution in [2.45, 2.75) is 25.2 Å². The van der Waals surface area contributed by atoms with Crippen molar-refractivity contribution in [3.8, 4) is 0 Å². The van der Waals surface area contributed by atoms with Gasteiger partial charge in [0.15, 0.2) is 9.84 Å². The van der Waals surface area contributed by atoms with Crippen LogP contribution in [0.15, 0.2) is 24.3 Å². The summed E-state index contributed by atoms with van der Waals surface area (Å²) >= 11 is 0. The summed E-state index contributed by atoms with van der Waals surface area (Å²) in [5.74, 6) is -0.0527. The van der Waals surface area contributed by atoms with Gasteiger partial charge >= 0.3 is 0 Å². The number of sulfone groups is 1. The fourth-order valence-electron chi connectivity index (χ4n) is 2.35. The van der Waals surface area contributed by atoms with E-state index in [1.165, 1.54) is 6.26 Å². The molecule has 21 heavy (non-hydrogen) atoms. The second-order valence-corrected chi connectivity index (χ2v) is 8.33. The number of benzene rings is 1. The zero-order valence-electron chi connectivity index (χ0n) is 12.5. The van der Waals surface area contributed by atoms with E-state index in [2.05, 4.69) is 0 Å². The first kappa shape index (κ1) is 16.0. The first-order valence-electron chi connectivity index (χ1n) is 6.89. The first-order valence-corrected chi connectivity index (χ1v) is 8.95. The third-order valence-corrected chi connectivity index (χ3v) is 4.78. The fraction of sp³-hybridized carbons (Fsp3) is 0.533. The number of nitrogens with zero attached hydrogens (tertiary/aromatic N) is 1. The number of aliphatic hydroxyl groups is 1. The standard InChI is InChI=1S/C15H21NO4S/c1-11(2)15(18)9-16(10-15)14(17)13-6-4-12(5-7-13)8-21(3,19)20/h4-7,11,18H,8-10H2,1-3H3. The number of hydrogen-bond donors (Lipinski definition) is 1. The summed E-state index contributed by atoms with van der Waals surface area (Å²) in [4.78, 5) is 13.8. The van der Waals surface area contributed by atoms with Gasteiger partial charge in [-0.1, -0.05) is 26.0 Å². The number of carbonyl (C=O) groups is 1. The molecule has 0 spiro atoms. The van der Waals surface area contributed by atoms with E-state index in [0.717, 1.165) is 0 Å². The molecular formula is C15H21NO4S. The molecule has 0 aliphatic carbocycles. The highest BCUT2D eigenvalue weighted by Gasteiger charge is 2.45. The van der Waals surface area contributed by atoms with E-state index < -0.39 is 15.4 Å². The lowest BCUT2D eigenvalue weighted by molar-refractivity contribution is -0.110. The van der Waals surface area contributed by atoms with Crippen LogP contribution in [-0.4, -0.2) is 49.3 Å². The smallest absolute Gasteiger partial charge is 0.254 e. The Morgan fingerprint density at radius 1 is 1.29 bits per heavy atom. The SMILES string of the molecule is CC(C)C1(O)CN(C(=O)c2ccc(CS(C)(=O)=O)cc2)C1. The maximum absolute atomic E-state index is 12.2. The second kappa shape index (κ2) is 5.42. The zero-order valence-corrected chi connectivity index (χ0v) is 13.4. The Hall–Kier alpha value is -1.40. The zero-order chi connectivity index (χ0) is 15.8. The van der Waals surface area contributed by atoms with Crippen molar-refractivity contribution in [3.63, 3.8) is 0 Å². The number of hydrogen-bond acceptors (Lipinski definition) is 4. The van der Waals surface area contributed by atoms with Crippen LogP contribution in [0, 0.1) is 5.92 Å². The summed E-state index contributed by atoms with van der Waals surface area (Å²) in [6.07, 6.45) is 1.18. The van der Waals surface area contributed by atoms with Gasteiger partial charge in [0.2, 0.25) is 0 Å². The van der Waals surface area contributed by atoms with Crippen LogP contribution in [0.1, 0.15) is 29.8 Å². The van der Waals surface area contributed by atoms with Crippen molar-refractivity contribution in [1.82, 2.24) is 4.90 Å². The van der Waals surface area contributed by atoms with E-state index in [1.807, 2.05) is 13.8 Å². The molecule has 0 saturated carbocycles. The Morgan fingerprint density at radius 2 is 1.81 bits per heavy atom. The van der Waals surface area contributed by atoms with Crippen molar-refractivity contribution in [1.29, 1.82) is 0 Å². The van der Waals surface area contributed by atoms with Gasteiger partial charge < -0.3 is 10.0 Å². The predicted octanol–water partition coefficient (Wildman–Crippen LogP) is 1.07. The molecule has 0 atom stereocenters. The predicted molar refractivity (Wildman–Crippen MR) is 80.7 cm³/mol. The van der Waals surface area contributed by atoms with Gasteiger partial charge in [-0.15, -0.1) is 0 Å². The lowest BCUT2D eigenvalue weighted by atomic mass is 9.82. The van der Waals surface area contributed by atoms with Crippen LogP contribution in [0.5, 0.6) is 0 Å². The Balaban J connectivity index is 2.02. The molecular weight excluding hydrogens is 290 g/mol. The molecule has 1 N–H and O–H groups in total. The number of carbonyl (C=O) groups excluding carboxylic acids is 1. The van der Waals surface area contributed by atoms with E-state index in [-0.39, 0.29) is 17.6 Å². The maximum Gasteiger partial charge on any atom is 0.254 e. The number of β-amino-alcohol motifs (C(OH)–C–C–N with tert-alkyl or cyclic N) is 1. The summed E-state index contributed by atoms with van der Waals surface area (Å²) in [5, 5.41) is 10.2. The van der Waals surface area contributed by atoms with Crippen molar-refractivity contribution in [2.75, 3.05) is 19.3 Å². The molecule has 6 heteroatoms. The average molecular weight is 311 g/mol. The molecule has 1 aliphatic heterocycles. The van der Waals surface area contributed by atoms with E-state index in [9.17, 15) is 18.3 Å². The van der Waals surface area contributed by atoms with Gasteiger partial charge in [0.1, 0.15) is 5.60 Å². The molecule has 0 bridgehead atoms. The van der Waals surface area contributed by atoms with E-state index in [0.29, 0.717) is 24.2 Å². The Morgan fingerprint density at radius 3 is 2.24 bits per heavy atom. The van der Waals surface area contributed by atoms with Gasteiger partial charge in [0.25, 0.3) is 5.91 Å². The Bertz CT molecular complexity index is 628. The summed E-state index contributed by atoms with van der Waals surface area (Å²) in [7, 11) is -3.07. The average Bonchev–Trinajstić information content (AvgIpc) is 2.33. The van der Waals surface area contributed by atoms with Crippen LogP contribution >= 0.6 is 0 Å². The highest BCUT2D eigenvalue weighted by atomic mass is 32.2. The van der Waals surface area contributed by atoms with Gasteiger partial charge in [0.05, 0.1) is 18.8 Å². The van der Waals surface area contributed by atoms with Crippen molar-refractivity contribution in [3.05, 3.63) is 35.4 Å². The van der Waals surface area contributed by atoms with Crippen LogP contribution in [-0.2, 0) is 15.6 Å². The monoisotopic (exact) mass is 311 g/mol. The highest BCUT2D eigenvalue weighted by Crippen LogP contribution is 2.29. The number of rotatable bonds is 4. The van der Waals surface area contributed by atoms with E-state index >= 15 is 0 Å². The third-order valence-electron chi connectivity index (χ3n) is 3.92. The molecule has 1 heterocycles. The molecule has 1 aromatic carbocycles. The molecule has 1 saturated heterocycles. The summed E-state index contributed by atoms with van der Waals surface area (Å²) in [6, 6.07) is 6.58. The van der Waals surface area contributed by atoms with Gasteiger partial charge in [-0.3, -0.25) is 4.79 Å². The molecule has 0 unspecified atom stereocenters. The summed E-state index contributed by atoms with van der Waals surface area (Å²) in [5.41, 5.74) is 0.390. The summed E-state index contributed by atoms with van der Waals surface area (Å²) < 4.78 is 22.4. The van der Waals surface area contributed by atoms with Crippen molar-refractivity contribution >= 4 is 15.7 Å². The van der Waals surface area contributed by atoms with Gasteiger partial charge in [-0.05, 0) is 23.6 Å². The third kappa shape index (κ3) is 3.63. The molecule has 116 valence electrons. The number of amides is 1. The first-order chi connectivity index (χ1) is 9.61. The van der Waals surface area contributed by atoms with Gasteiger partial charge in [0, 0.05) is 11.8 Å². The lowest BCUT2D eigenvalue weighted by Crippen LogP contribution is -2.65. The lowest BCUT2D eigenvalue weighted by Gasteiger charge is -2.49. The highest BCUT2D eigenvalue weighted by molar-refractivity contribution is 7.89.